The van der Waals surface area contributed by atoms with Crippen LogP contribution >= 0.6 is 0 Å². The first-order chi connectivity index (χ1) is 8.54. The monoisotopic (exact) mass is 252 g/mol. The fourth-order valence-corrected chi connectivity index (χ4v) is 1.16. The zero-order valence-corrected chi connectivity index (χ0v) is 8.92. The van der Waals surface area contributed by atoms with Gasteiger partial charge < -0.3 is 30.7 Å². The number of aromatic nitrogens is 4. The molecule has 0 aliphatic carbocycles. The smallest absolute Gasteiger partial charge is 0.370 e. The molecule has 0 aromatic carbocycles. The van der Waals surface area contributed by atoms with Gasteiger partial charge in [0.25, 0.3) is 0 Å². The second-order valence-electron chi connectivity index (χ2n) is 3.19. The fourth-order valence-electron chi connectivity index (χ4n) is 1.16. The van der Waals surface area contributed by atoms with E-state index in [2.05, 4.69) is 20.1 Å². The van der Waals surface area contributed by atoms with Gasteiger partial charge in [-0.3, -0.25) is 0 Å². The number of aliphatic imine (C=N–C) groups is 1. The Morgan fingerprint density at radius 3 is 3.00 bits per heavy atom. The van der Waals surface area contributed by atoms with Gasteiger partial charge in [0.15, 0.2) is 11.8 Å². The van der Waals surface area contributed by atoms with Crippen LogP contribution in [0.5, 0.6) is 0 Å². The maximum atomic E-state index is 10.4. The zero-order valence-electron chi connectivity index (χ0n) is 8.92. The molecule has 0 radical (unpaired) electrons. The molecule has 11 heteroatoms. The highest BCUT2D eigenvalue weighted by Gasteiger charge is 2.12. The molecule has 0 amide bonds. The highest BCUT2D eigenvalue weighted by atomic mass is 16.6. The Morgan fingerprint density at radius 1 is 1.61 bits per heavy atom. The van der Waals surface area contributed by atoms with Crippen molar-refractivity contribution in [2.45, 2.75) is 6.54 Å². The van der Waals surface area contributed by atoms with Crippen molar-refractivity contribution < 1.29 is 9.45 Å². The number of hydrogen-bond acceptors (Lipinski definition) is 7. The van der Waals surface area contributed by atoms with E-state index < -0.39 is 4.92 Å². The molecule has 0 bridgehead atoms. The van der Waals surface area contributed by atoms with Crippen LogP contribution in [0.25, 0.3) is 0 Å². The molecule has 0 unspecified atom stereocenters. The van der Waals surface area contributed by atoms with E-state index >= 15 is 0 Å². The van der Waals surface area contributed by atoms with E-state index in [1.807, 2.05) is 0 Å². The van der Waals surface area contributed by atoms with Gasteiger partial charge in [0.1, 0.15) is 6.20 Å². The Balaban J connectivity index is 2.11. The normalized spacial score (nSPS) is 10.2. The maximum Gasteiger partial charge on any atom is 0.381 e. The van der Waals surface area contributed by atoms with E-state index in [-0.39, 0.29) is 30.2 Å². The number of guanidine groups is 1. The average Bonchev–Trinajstić information content (AvgIpc) is 2.88. The van der Waals surface area contributed by atoms with Gasteiger partial charge in [-0.25, -0.2) is 0 Å². The molecule has 2 rings (SSSR count). The highest BCUT2D eigenvalue weighted by molar-refractivity contribution is 5.77. The number of hydrogen-bond donors (Lipinski definition) is 2. The van der Waals surface area contributed by atoms with Crippen LogP contribution < -0.4 is 11.5 Å². The van der Waals surface area contributed by atoms with Gasteiger partial charge in [-0.05, 0) is 9.91 Å². The summed E-state index contributed by atoms with van der Waals surface area (Å²) in [4.78, 5) is 20.8. The molecule has 0 aliphatic heterocycles. The SMILES string of the molecule is NC(N)=Nc1nc(Cn2cnc([N+](=O)[O-])c2)no1. The van der Waals surface area contributed by atoms with Gasteiger partial charge in [-0.1, -0.05) is 5.16 Å². The third-order valence-corrected chi connectivity index (χ3v) is 1.81. The lowest BCUT2D eigenvalue weighted by Gasteiger charge is -1.91. The predicted octanol–water partition coefficient (Wildman–Crippen LogP) is -0.872. The Labute approximate surface area is 99.3 Å². The Bertz CT molecular complexity index is 595. The van der Waals surface area contributed by atoms with Crippen LogP contribution in [0.2, 0.25) is 0 Å². The largest absolute Gasteiger partial charge is 0.381 e. The van der Waals surface area contributed by atoms with Crippen molar-refractivity contribution >= 4 is 17.8 Å². The van der Waals surface area contributed by atoms with Crippen molar-refractivity contribution in [3.8, 4) is 0 Å². The molecule has 0 saturated heterocycles. The summed E-state index contributed by atoms with van der Waals surface area (Å²) >= 11 is 0. The third-order valence-electron chi connectivity index (χ3n) is 1.81. The molecule has 0 aliphatic rings. The van der Waals surface area contributed by atoms with Crippen LogP contribution in [0.1, 0.15) is 5.82 Å². The van der Waals surface area contributed by atoms with Crippen molar-refractivity contribution in [2.75, 3.05) is 0 Å². The zero-order chi connectivity index (χ0) is 13.1. The summed E-state index contributed by atoms with van der Waals surface area (Å²) in [6.45, 7) is 0.157. The molecule has 2 heterocycles. The van der Waals surface area contributed by atoms with Gasteiger partial charge in [-0.15, -0.1) is 0 Å². The Kier molecular flexibility index (Phi) is 2.87. The van der Waals surface area contributed by atoms with E-state index in [1.165, 1.54) is 17.1 Å². The summed E-state index contributed by atoms with van der Waals surface area (Å²) in [5, 5.41) is 14.0. The molecular weight excluding hydrogens is 244 g/mol. The molecule has 0 fully saturated rings. The van der Waals surface area contributed by atoms with Gasteiger partial charge in [0, 0.05) is 0 Å². The molecule has 2 aromatic heterocycles. The summed E-state index contributed by atoms with van der Waals surface area (Å²) in [5.41, 5.74) is 10.3. The first-order valence-corrected chi connectivity index (χ1v) is 4.63. The molecule has 11 nitrogen and oxygen atoms in total. The first-order valence-electron chi connectivity index (χ1n) is 4.63. The second kappa shape index (κ2) is 4.48. The van der Waals surface area contributed by atoms with Crippen LogP contribution in [0.4, 0.5) is 11.8 Å². The van der Waals surface area contributed by atoms with E-state index in [0.29, 0.717) is 0 Å². The standard InChI is InChI=1S/C7H8N8O3/c8-6(9)12-7-11-4(13-18-7)1-14-2-5(10-3-14)15(16)17/h2-3H,1H2,(H4,8,9,11,12,13). The number of nitrogens with zero attached hydrogens (tertiary/aromatic N) is 6. The van der Waals surface area contributed by atoms with Crippen molar-refractivity contribution in [1.29, 1.82) is 0 Å². The molecule has 0 saturated carbocycles. The second-order valence-corrected chi connectivity index (χ2v) is 3.19. The Hall–Kier alpha value is -2.98. The average molecular weight is 252 g/mol. The number of nitrogens with two attached hydrogens (primary N) is 2. The minimum atomic E-state index is -0.600. The number of imidazole rings is 1. The van der Waals surface area contributed by atoms with Crippen molar-refractivity contribution in [1.82, 2.24) is 19.7 Å². The molecule has 4 N–H and O–H groups in total. The fraction of sp³-hybridized carbons (Fsp3) is 0.143. The third kappa shape index (κ3) is 2.58. The van der Waals surface area contributed by atoms with E-state index in [9.17, 15) is 10.1 Å². The van der Waals surface area contributed by atoms with Crippen molar-refractivity contribution in [3.05, 3.63) is 28.5 Å². The maximum absolute atomic E-state index is 10.4. The van der Waals surface area contributed by atoms with Crippen LogP contribution in [-0.2, 0) is 6.54 Å². The van der Waals surface area contributed by atoms with E-state index in [4.69, 9.17) is 16.0 Å². The van der Waals surface area contributed by atoms with E-state index in [1.54, 1.807) is 0 Å². The number of rotatable bonds is 4. The molecule has 18 heavy (non-hydrogen) atoms. The molecule has 0 atom stereocenters. The summed E-state index contributed by atoms with van der Waals surface area (Å²) in [6, 6.07) is -0.0837. The summed E-state index contributed by atoms with van der Waals surface area (Å²) in [5.74, 6) is -0.200. The van der Waals surface area contributed by atoms with Gasteiger partial charge in [0.2, 0.25) is 6.33 Å². The van der Waals surface area contributed by atoms with Crippen molar-refractivity contribution in [3.63, 3.8) is 0 Å². The predicted molar refractivity (Wildman–Crippen MR) is 57.8 cm³/mol. The lowest BCUT2D eigenvalue weighted by Crippen LogP contribution is -2.21. The minimum absolute atomic E-state index is 0.0837. The summed E-state index contributed by atoms with van der Waals surface area (Å²) in [7, 11) is 0. The molecule has 94 valence electrons. The molecule has 2 aromatic rings. The van der Waals surface area contributed by atoms with Gasteiger partial charge in [0.05, 0.1) is 6.54 Å². The van der Waals surface area contributed by atoms with Gasteiger partial charge >= 0.3 is 11.8 Å². The summed E-state index contributed by atoms with van der Waals surface area (Å²) < 4.78 is 6.16. The quantitative estimate of drug-likeness (QED) is 0.306. The van der Waals surface area contributed by atoms with Crippen LogP contribution in [-0.4, -0.2) is 30.6 Å². The van der Waals surface area contributed by atoms with Crippen LogP contribution in [0.3, 0.4) is 0 Å². The van der Waals surface area contributed by atoms with Gasteiger partial charge in [-0.2, -0.15) is 9.98 Å². The first kappa shape index (κ1) is 11.5. The van der Waals surface area contributed by atoms with Crippen molar-refractivity contribution in [2.24, 2.45) is 16.5 Å². The highest BCUT2D eigenvalue weighted by Crippen LogP contribution is 2.10. The number of nitro groups is 1. The topological polar surface area (TPSA) is 164 Å². The van der Waals surface area contributed by atoms with Crippen LogP contribution in [0.15, 0.2) is 22.0 Å². The lowest BCUT2D eigenvalue weighted by atomic mass is 10.6. The van der Waals surface area contributed by atoms with E-state index in [0.717, 1.165) is 0 Å². The minimum Gasteiger partial charge on any atom is -0.370 e. The lowest BCUT2D eigenvalue weighted by molar-refractivity contribution is -0.389. The molecular formula is C7H8N8O3. The van der Waals surface area contributed by atoms with Crippen LogP contribution in [0, 0.1) is 10.1 Å². The Morgan fingerprint density at radius 2 is 2.39 bits per heavy atom. The summed E-state index contributed by atoms with van der Waals surface area (Å²) in [6.07, 6.45) is 2.53. The molecule has 0 spiro atoms.